The maximum Gasteiger partial charge on any atom is 0.214 e. The molecule has 162 valence electrons. The van der Waals surface area contributed by atoms with Gasteiger partial charge in [0.25, 0.3) is 0 Å². The van der Waals surface area contributed by atoms with Gasteiger partial charge in [0.05, 0.1) is 38.5 Å². The minimum atomic E-state index is 0.155. The number of anilines is 4. The lowest BCUT2D eigenvalue weighted by Crippen LogP contribution is -2.40. The molecule has 0 unspecified atom stereocenters. The molecule has 1 saturated carbocycles. The Balaban J connectivity index is 0.00000155. The Kier molecular flexibility index (Phi) is 8.80. The largest absolute Gasteiger partial charge is 0.497 e. The summed E-state index contributed by atoms with van der Waals surface area (Å²) in [5.74, 6) is 1.49. The van der Waals surface area contributed by atoms with Gasteiger partial charge in [-0.3, -0.25) is 4.79 Å². The van der Waals surface area contributed by atoms with E-state index < -0.39 is 0 Å². The summed E-state index contributed by atoms with van der Waals surface area (Å²) in [5.41, 5.74) is 9.66. The maximum absolute atomic E-state index is 12.0. The lowest BCUT2D eigenvalue weighted by molar-refractivity contribution is -0.108. The van der Waals surface area contributed by atoms with Gasteiger partial charge in [0.1, 0.15) is 11.6 Å². The van der Waals surface area contributed by atoms with E-state index in [4.69, 9.17) is 10.5 Å². The van der Waals surface area contributed by atoms with Gasteiger partial charge in [-0.25, -0.2) is 4.98 Å². The van der Waals surface area contributed by atoms with E-state index in [1.807, 2.05) is 43.1 Å². The van der Waals surface area contributed by atoms with Crippen LogP contribution in [0.3, 0.4) is 0 Å². The number of nitrogens with two attached hydrogens (primary N) is 1. The summed E-state index contributed by atoms with van der Waals surface area (Å²) >= 11 is 0. The number of carbonyl (C=O) groups is 1. The summed E-state index contributed by atoms with van der Waals surface area (Å²) in [4.78, 5) is 18.3. The van der Waals surface area contributed by atoms with Crippen molar-refractivity contribution in [1.29, 1.82) is 0 Å². The number of rotatable bonds is 7. The number of nitrogens with one attached hydrogen (secondary N) is 2. The van der Waals surface area contributed by atoms with Crippen LogP contribution in [0.2, 0.25) is 0 Å². The molecule has 0 saturated heterocycles. The van der Waals surface area contributed by atoms with E-state index >= 15 is 0 Å². The highest BCUT2D eigenvalue weighted by Crippen LogP contribution is 2.33. The molecule has 1 heterocycles. The second-order valence-electron chi connectivity index (χ2n) is 7.22. The van der Waals surface area contributed by atoms with E-state index in [1.54, 1.807) is 20.2 Å². The number of nitrogens with zero attached hydrogens (tertiary/aromatic N) is 2. The van der Waals surface area contributed by atoms with Crippen molar-refractivity contribution in [3.8, 4) is 5.75 Å². The zero-order valence-electron chi connectivity index (χ0n) is 18.4. The third-order valence-corrected chi connectivity index (χ3v) is 5.37. The van der Waals surface area contributed by atoms with Gasteiger partial charge in [-0.2, -0.15) is 0 Å². The lowest BCUT2D eigenvalue weighted by atomic mass is 9.90. The van der Waals surface area contributed by atoms with Crippen LogP contribution in [0, 0.1) is 13.8 Å². The number of benzene rings is 1. The number of methoxy groups -OCH3 is 1. The molecule has 0 aliphatic heterocycles. The van der Waals surface area contributed by atoms with Crippen LogP contribution >= 0.6 is 0 Å². The zero-order valence-corrected chi connectivity index (χ0v) is 18.4. The highest BCUT2D eigenvalue weighted by molar-refractivity contribution is 5.85. The molecule has 1 aliphatic rings. The topological polar surface area (TPSA) is 92.5 Å². The van der Waals surface area contributed by atoms with Gasteiger partial charge < -0.3 is 26.0 Å². The Morgan fingerprint density at radius 3 is 2.47 bits per heavy atom. The van der Waals surface area contributed by atoms with Crippen LogP contribution < -0.4 is 26.0 Å². The third kappa shape index (κ3) is 5.57. The van der Waals surface area contributed by atoms with E-state index in [2.05, 4.69) is 22.5 Å². The predicted octanol–water partition coefficient (Wildman–Crippen LogP) is 4.26. The minimum Gasteiger partial charge on any atom is -0.497 e. The van der Waals surface area contributed by atoms with E-state index in [0.717, 1.165) is 60.5 Å². The second-order valence-corrected chi connectivity index (χ2v) is 7.22. The van der Waals surface area contributed by atoms with Crippen molar-refractivity contribution in [2.75, 3.05) is 29.7 Å². The van der Waals surface area contributed by atoms with Gasteiger partial charge in [0.2, 0.25) is 6.41 Å². The molecule has 4 N–H and O–H groups in total. The van der Waals surface area contributed by atoms with Crippen molar-refractivity contribution in [2.45, 2.75) is 51.6 Å². The van der Waals surface area contributed by atoms with E-state index in [9.17, 15) is 4.79 Å². The summed E-state index contributed by atoms with van der Waals surface area (Å²) in [6, 6.07) is 8.14. The standard InChI is InChI=1S/C21H29N5O2.C2H5/c1-14-10-17(28-3)8-9-18(14)25-21-11-20(19(23-2)12-24-21)26(13-27)16-6-4-15(22)5-7-16;1-2/h8-13,15-16,23H,4-7,22H2,1-3H3,(H,24,25);1H2,2H3/q;+1. The Morgan fingerprint density at radius 1 is 1.20 bits per heavy atom. The van der Waals surface area contributed by atoms with Crippen LogP contribution in [0.25, 0.3) is 0 Å². The van der Waals surface area contributed by atoms with Crippen LogP contribution in [0.5, 0.6) is 5.75 Å². The highest BCUT2D eigenvalue weighted by Gasteiger charge is 2.26. The monoisotopic (exact) mass is 412 g/mol. The lowest BCUT2D eigenvalue weighted by Gasteiger charge is -2.34. The van der Waals surface area contributed by atoms with Gasteiger partial charge in [0.15, 0.2) is 0 Å². The van der Waals surface area contributed by atoms with Crippen molar-refractivity contribution in [1.82, 2.24) is 4.98 Å². The van der Waals surface area contributed by atoms with Crippen LogP contribution in [0.1, 0.15) is 38.2 Å². The molecule has 1 aliphatic carbocycles. The number of aromatic nitrogens is 1. The molecule has 7 heteroatoms. The van der Waals surface area contributed by atoms with E-state index in [1.165, 1.54) is 0 Å². The number of aryl methyl sites for hydroxylation is 1. The maximum atomic E-state index is 12.0. The average molecular weight is 413 g/mol. The number of carbonyl (C=O) groups excluding carboxylic acids is 1. The summed E-state index contributed by atoms with van der Waals surface area (Å²) in [7, 11) is 3.49. The quantitative estimate of drug-likeness (QED) is 0.465. The first-order valence-electron chi connectivity index (χ1n) is 10.3. The van der Waals surface area contributed by atoms with Gasteiger partial charge in [-0.15, -0.1) is 0 Å². The molecule has 1 aromatic heterocycles. The molecule has 30 heavy (non-hydrogen) atoms. The Labute approximate surface area is 180 Å². The summed E-state index contributed by atoms with van der Waals surface area (Å²) < 4.78 is 5.26. The molecule has 0 bridgehead atoms. The van der Waals surface area contributed by atoms with Gasteiger partial charge in [-0.1, -0.05) is 0 Å². The number of hydrogen-bond acceptors (Lipinski definition) is 6. The van der Waals surface area contributed by atoms with Gasteiger partial charge in [0, 0.05) is 30.9 Å². The summed E-state index contributed by atoms with van der Waals surface area (Å²) in [6.07, 6.45) is 6.36. The van der Waals surface area contributed by atoms with E-state index in [0.29, 0.717) is 5.82 Å². The number of pyridine rings is 1. The molecule has 0 atom stereocenters. The Bertz CT molecular complexity index is 819. The minimum absolute atomic E-state index is 0.155. The predicted molar refractivity (Wildman–Crippen MR) is 125 cm³/mol. The fourth-order valence-corrected chi connectivity index (χ4v) is 3.68. The number of amides is 1. The first kappa shape index (κ1) is 23.3. The third-order valence-electron chi connectivity index (χ3n) is 5.37. The van der Waals surface area contributed by atoms with Crippen molar-refractivity contribution in [3.05, 3.63) is 42.9 Å². The molecule has 1 amide bonds. The Morgan fingerprint density at radius 2 is 1.90 bits per heavy atom. The summed E-state index contributed by atoms with van der Waals surface area (Å²) in [5, 5.41) is 6.49. The van der Waals surface area contributed by atoms with Crippen molar-refractivity contribution < 1.29 is 9.53 Å². The molecule has 0 radical (unpaired) electrons. The first-order chi connectivity index (χ1) is 14.5. The van der Waals surface area contributed by atoms with Crippen molar-refractivity contribution in [2.24, 2.45) is 5.73 Å². The smallest absolute Gasteiger partial charge is 0.214 e. The second kappa shape index (κ2) is 11.3. The fourth-order valence-electron chi connectivity index (χ4n) is 3.68. The highest BCUT2D eigenvalue weighted by atomic mass is 16.5. The van der Waals surface area contributed by atoms with Crippen molar-refractivity contribution >= 4 is 29.3 Å². The molecule has 1 aromatic carbocycles. The molecule has 2 aromatic rings. The molecule has 0 spiro atoms. The molecular formula is C23H34N5O2+. The summed E-state index contributed by atoms with van der Waals surface area (Å²) in [6.45, 7) is 7.01. The van der Waals surface area contributed by atoms with Crippen LogP contribution in [0.4, 0.5) is 22.9 Å². The van der Waals surface area contributed by atoms with E-state index in [-0.39, 0.29) is 12.1 Å². The molecule has 1 fully saturated rings. The number of ether oxygens (including phenoxy) is 1. The number of hydrogen-bond donors (Lipinski definition) is 3. The molecule has 3 rings (SSSR count). The van der Waals surface area contributed by atoms with Crippen LogP contribution in [0.15, 0.2) is 30.5 Å². The fraction of sp³-hybridized carbons (Fsp3) is 0.435. The molecular weight excluding hydrogens is 378 g/mol. The normalized spacial score (nSPS) is 17.9. The average Bonchev–Trinajstić information content (AvgIpc) is 2.78. The van der Waals surface area contributed by atoms with Gasteiger partial charge in [-0.05, 0) is 56.4 Å². The van der Waals surface area contributed by atoms with Gasteiger partial charge >= 0.3 is 0 Å². The zero-order chi connectivity index (χ0) is 22.1. The Hall–Kier alpha value is -2.93. The van der Waals surface area contributed by atoms with Crippen LogP contribution in [-0.2, 0) is 4.79 Å². The van der Waals surface area contributed by atoms with Crippen LogP contribution in [-0.4, -0.2) is 37.6 Å². The molecule has 7 nitrogen and oxygen atoms in total. The first-order valence-corrected chi connectivity index (χ1v) is 10.3. The van der Waals surface area contributed by atoms with Crippen molar-refractivity contribution in [3.63, 3.8) is 0 Å². The SMILES string of the molecule is CNc1cnc(Nc2ccc(OC)cc2C)cc1N(C=O)C1CCC(N)CC1.[CH2+]C.